The van der Waals surface area contributed by atoms with Gasteiger partial charge < -0.3 is 0 Å². The molecule has 0 saturated heterocycles. The summed E-state index contributed by atoms with van der Waals surface area (Å²) in [5, 5.41) is 13.2. The molecule has 2 rings (SSSR count). The Bertz CT molecular complexity index is 842. The Morgan fingerprint density at radius 1 is 1.16 bits per heavy atom. The van der Waals surface area contributed by atoms with E-state index >= 15 is 0 Å². The predicted molar refractivity (Wildman–Crippen MR) is 76.4 cm³/mol. The van der Waals surface area contributed by atoms with E-state index < -0.39 is 20.3 Å². The number of hydrogen-bond donors (Lipinski definition) is 1. The molecule has 0 saturated carbocycles. The fourth-order valence-electron chi connectivity index (χ4n) is 2.03. The van der Waals surface area contributed by atoms with Gasteiger partial charge in [0.05, 0.1) is 5.10 Å². The molecule has 0 aliphatic rings. The van der Waals surface area contributed by atoms with Crippen LogP contribution in [-0.4, -0.2) is 18.6 Å². The maximum atomic E-state index is 11.3. The summed E-state index contributed by atoms with van der Waals surface area (Å²) in [5.74, 6) is 0.274. The quantitative estimate of drug-likeness (QED) is 0.502. The highest BCUT2D eigenvalue weighted by Crippen LogP contribution is 2.19. The van der Waals surface area contributed by atoms with Crippen LogP contribution in [0.25, 0.3) is 5.13 Å². The topological polar surface area (TPSA) is 182 Å². The van der Waals surface area contributed by atoms with E-state index in [0.29, 0.717) is 5.13 Å². The molecule has 2 heterocycles. The van der Waals surface area contributed by atoms with Gasteiger partial charge >= 0.3 is 5.13 Å². The lowest BCUT2D eigenvalue weighted by Crippen LogP contribution is -2.68. The zero-order valence-corrected chi connectivity index (χ0v) is 16.2. The number of aromatic nitrogens is 3. The average Bonchev–Trinajstić information content (AvgIpc) is 2.84. The third kappa shape index (κ3) is 6.87. The van der Waals surface area contributed by atoms with E-state index in [1.54, 1.807) is 0 Å². The van der Waals surface area contributed by atoms with Crippen LogP contribution in [-0.2, 0) is 10.0 Å². The van der Waals surface area contributed by atoms with E-state index in [0.717, 1.165) is 28.3 Å². The molecule has 2 N–H and O–H groups in total. The molecule has 0 unspecified atom stereocenters. The number of pyridine rings is 1. The Morgan fingerprint density at radius 2 is 1.68 bits per heavy atom. The molecule has 0 aromatic carbocycles. The number of aryl methyl sites for hydroxylation is 2. The van der Waals surface area contributed by atoms with E-state index in [-0.39, 0.29) is 10.3 Å². The summed E-state index contributed by atoms with van der Waals surface area (Å²) >= 11 is 0.972. The van der Waals surface area contributed by atoms with Crippen LogP contribution in [0.5, 0.6) is 0 Å². The second-order valence-electron chi connectivity index (χ2n) is 5.36. The smallest absolute Gasteiger partial charge is 0.222 e. The molecule has 140 valence electrons. The van der Waals surface area contributed by atoms with E-state index in [1.807, 2.05) is 24.5 Å². The van der Waals surface area contributed by atoms with Crippen molar-refractivity contribution in [1.82, 2.24) is 10.2 Å². The summed E-state index contributed by atoms with van der Waals surface area (Å²) in [7, 11) is -8.76. The van der Waals surface area contributed by atoms with Gasteiger partial charge in [-0.3, -0.25) is 0 Å². The van der Waals surface area contributed by atoms with Crippen LogP contribution in [0.1, 0.15) is 36.7 Å². The van der Waals surface area contributed by atoms with Gasteiger partial charge in [-0.25, -0.2) is 32.2 Å². The average molecular weight is 413 g/mol. The van der Waals surface area contributed by atoms with Crippen LogP contribution >= 0.6 is 11.3 Å². The SMILES string of the molecule is Cc1cc(C)[n+](-c2nnc(S(N)(=O)=O)s2)c(C(C)C)c1.[O-][Cl+3]([O-])([O-])[O-]. The molecule has 0 atom stereocenters. The summed E-state index contributed by atoms with van der Waals surface area (Å²) < 4.78 is 58.3. The van der Waals surface area contributed by atoms with Gasteiger partial charge in [0, 0.05) is 5.92 Å². The fourth-order valence-corrected chi connectivity index (χ4v) is 3.53. The summed E-state index contributed by atoms with van der Waals surface area (Å²) in [4.78, 5) is 0. The minimum absolute atomic E-state index is 0.172. The Kier molecular flexibility index (Phi) is 6.95. The van der Waals surface area contributed by atoms with E-state index in [2.05, 4.69) is 30.1 Å². The molecule has 0 aliphatic carbocycles. The van der Waals surface area contributed by atoms with Crippen molar-refractivity contribution >= 4 is 21.4 Å². The Balaban J connectivity index is 0.000000550. The van der Waals surface area contributed by atoms with E-state index in [4.69, 9.17) is 23.8 Å². The Morgan fingerprint density at radius 3 is 2.08 bits per heavy atom. The molecule has 2 aromatic rings. The molecule has 0 radical (unpaired) electrons. The van der Waals surface area contributed by atoms with Crippen LogP contribution in [0, 0.1) is 24.1 Å². The summed E-state index contributed by atoms with van der Waals surface area (Å²) in [6, 6.07) is 4.08. The monoisotopic (exact) mass is 412 g/mol. The Hall–Kier alpha value is -1.25. The van der Waals surface area contributed by atoms with Gasteiger partial charge in [0.1, 0.15) is 11.4 Å². The lowest BCUT2D eigenvalue weighted by molar-refractivity contribution is -2.00. The van der Waals surface area contributed by atoms with Gasteiger partial charge in [0.15, 0.2) is 0 Å². The van der Waals surface area contributed by atoms with E-state index in [1.165, 1.54) is 0 Å². The third-order valence-electron chi connectivity index (χ3n) is 2.85. The van der Waals surface area contributed by atoms with Crippen molar-refractivity contribution in [1.29, 1.82) is 0 Å². The zero-order chi connectivity index (χ0) is 19.6. The largest absolute Gasteiger partial charge is 0.416 e. The summed E-state index contributed by atoms with van der Waals surface area (Å²) in [6.45, 7) is 8.13. The van der Waals surface area contributed by atoms with Gasteiger partial charge in [0.25, 0.3) is 14.4 Å². The number of halogens is 1. The van der Waals surface area contributed by atoms with E-state index in [9.17, 15) is 8.42 Å². The lowest BCUT2D eigenvalue weighted by atomic mass is 10.1. The fraction of sp³-hybridized carbons (Fsp3) is 0.417. The highest BCUT2D eigenvalue weighted by Gasteiger charge is 2.26. The highest BCUT2D eigenvalue weighted by atomic mass is 35.7. The minimum atomic E-state index is -4.94. The first-order valence-electron chi connectivity index (χ1n) is 6.71. The van der Waals surface area contributed by atoms with Crippen LogP contribution in [0.4, 0.5) is 0 Å². The number of rotatable bonds is 3. The first-order valence-corrected chi connectivity index (χ1v) is 10.3. The van der Waals surface area contributed by atoms with Gasteiger partial charge in [-0.2, -0.15) is 4.57 Å². The van der Waals surface area contributed by atoms with Crippen LogP contribution in [0.3, 0.4) is 0 Å². The Labute approximate surface area is 151 Å². The van der Waals surface area contributed by atoms with Gasteiger partial charge in [-0.05, 0) is 48.0 Å². The van der Waals surface area contributed by atoms with Crippen molar-refractivity contribution in [2.24, 2.45) is 5.14 Å². The molecule has 0 fully saturated rings. The molecule has 0 bridgehead atoms. The van der Waals surface area contributed by atoms with Crippen molar-refractivity contribution in [3.8, 4) is 5.13 Å². The van der Waals surface area contributed by atoms with Crippen LogP contribution in [0.2, 0.25) is 0 Å². The van der Waals surface area contributed by atoms with Crippen LogP contribution < -0.4 is 28.3 Å². The molecule has 2 aromatic heterocycles. The zero-order valence-electron chi connectivity index (χ0n) is 13.8. The summed E-state index contributed by atoms with van der Waals surface area (Å²) in [5.41, 5.74) is 3.18. The number of hydrogen-bond acceptors (Lipinski definition) is 9. The second-order valence-corrected chi connectivity index (χ2v) is 8.81. The number of nitrogens with zero attached hydrogens (tertiary/aromatic N) is 3. The molecular formula is C12H17ClN4O6S2. The first kappa shape index (κ1) is 21.8. The second kappa shape index (κ2) is 7.97. The van der Waals surface area contributed by atoms with Crippen molar-refractivity contribution < 1.29 is 41.9 Å². The first-order chi connectivity index (χ1) is 11.2. The van der Waals surface area contributed by atoms with Gasteiger partial charge in [-0.15, -0.1) is 10.2 Å². The van der Waals surface area contributed by atoms with Crippen LogP contribution in [0.15, 0.2) is 16.5 Å². The molecule has 13 heteroatoms. The predicted octanol–water partition coefficient (Wildman–Crippen LogP) is -3.55. The van der Waals surface area contributed by atoms with Gasteiger partial charge in [0.2, 0.25) is 0 Å². The number of nitrogens with two attached hydrogens (primary N) is 1. The van der Waals surface area contributed by atoms with Crippen molar-refractivity contribution in [2.45, 2.75) is 38.0 Å². The van der Waals surface area contributed by atoms with Crippen molar-refractivity contribution in [3.63, 3.8) is 0 Å². The minimum Gasteiger partial charge on any atom is -0.222 e. The maximum absolute atomic E-state index is 11.3. The molecule has 0 spiro atoms. The van der Waals surface area contributed by atoms with Crippen molar-refractivity contribution in [2.75, 3.05) is 0 Å². The van der Waals surface area contributed by atoms with Gasteiger partial charge in [-0.1, -0.05) is 13.8 Å². The third-order valence-corrected chi connectivity index (χ3v) is 5.06. The number of sulfonamides is 1. The molecule has 0 amide bonds. The molecule has 10 nitrogen and oxygen atoms in total. The highest BCUT2D eigenvalue weighted by molar-refractivity contribution is 7.91. The number of primary sulfonamides is 1. The standard InChI is InChI=1S/C12H17N4O2S2.ClHO4/c1-7(2)10-6-8(3)5-9(4)16(10)11-14-15-12(19-11)20(13,17)18;2-1(3,4)5/h5-7H,1-4H3,(H2,13,17,18);(H,2,3,4,5)/q+1;/p-1. The lowest BCUT2D eigenvalue weighted by Gasteiger charge is -2.17. The molecular weight excluding hydrogens is 396 g/mol. The maximum Gasteiger partial charge on any atom is 0.416 e. The summed E-state index contributed by atoms with van der Waals surface area (Å²) in [6.07, 6.45) is 0. The molecule has 0 aliphatic heterocycles. The normalized spacial score (nSPS) is 12.1. The van der Waals surface area contributed by atoms with Crippen molar-refractivity contribution in [3.05, 3.63) is 29.1 Å². The molecule has 25 heavy (non-hydrogen) atoms.